The van der Waals surface area contributed by atoms with Crippen LogP contribution in [0.3, 0.4) is 0 Å². The van der Waals surface area contributed by atoms with Crippen molar-refractivity contribution in [2.24, 2.45) is 0 Å². The molecule has 0 saturated carbocycles. The Morgan fingerprint density at radius 2 is 2.06 bits per heavy atom. The average Bonchev–Trinajstić information content (AvgIpc) is 2.34. The van der Waals surface area contributed by atoms with E-state index in [9.17, 15) is 0 Å². The average molecular weight is 265 g/mol. The van der Waals surface area contributed by atoms with Crippen LogP contribution >= 0.6 is 11.8 Å². The van der Waals surface area contributed by atoms with Gasteiger partial charge in [-0.05, 0) is 52.4 Å². The summed E-state index contributed by atoms with van der Waals surface area (Å²) in [6.07, 6.45) is 4.54. The molecule has 1 N–H and O–H groups in total. The van der Waals surface area contributed by atoms with Crippen LogP contribution in [0.4, 0.5) is 0 Å². The Bertz CT molecular complexity index is 360. The van der Waals surface area contributed by atoms with Crippen LogP contribution in [-0.2, 0) is 6.42 Å². The van der Waals surface area contributed by atoms with E-state index in [4.69, 9.17) is 0 Å². The minimum absolute atomic E-state index is 0.331. The van der Waals surface area contributed by atoms with Crippen molar-refractivity contribution in [3.63, 3.8) is 0 Å². The SMILES string of the molecule is CSC(C)(C)CNC(C)CCc1cccc(C)c1. The Hall–Kier alpha value is -0.470. The highest BCUT2D eigenvalue weighted by molar-refractivity contribution is 7.99. The zero-order valence-electron chi connectivity index (χ0n) is 12.4. The molecule has 1 nitrogen and oxygen atoms in total. The second kappa shape index (κ2) is 7.20. The third-order valence-corrected chi connectivity index (χ3v) is 4.63. The Balaban J connectivity index is 2.31. The van der Waals surface area contributed by atoms with Crippen molar-refractivity contribution in [1.29, 1.82) is 0 Å². The van der Waals surface area contributed by atoms with E-state index in [0.29, 0.717) is 10.8 Å². The molecular weight excluding hydrogens is 238 g/mol. The van der Waals surface area contributed by atoms with E-state index >= 15 is 0 Å². The maximum Gasteiger partial charge on any atom is 0.0225 e. The molecule has 0 radical (unpaired) electrons. The molecule has 2 heteroatoms. The summed E-state index contributed by atoms with van der Waals surface area (Å²) in [6.45, 7) is 10.1. The molecule has 102 valence electrons. The van der Waals surface area contributed by atoms with E-state index in [1.807, 2.05) is 11.8 Å². The van der Waals surface area contributed by atoms with Crippen molar-refractivity contribution in [1.82, 2.24) is 5.32 Å². The Morgan fingerprint density at radius 1 is 1.33 bits per heavy atom. The van der Waals surface area contributed by atoms with E-state index in [1.54, 1.807) is 0 Å². The number of nitrogens with one attached hydrogen (secondary N) is 1. The molecule has 0 aliphatic rings. The van der Waals surface area contributed by atoms with E-state index in [2.05, 4.69) is 63.5 Å². The number of hydrogen-bond donors (Lipinski definition) is 1. The van der Waals surface area contributed by atoms with Crippen LogP contribution in [-0.4, -0.2) is 23.6 Å². The molecule has 0 bridgehead atoms. The Kier molecular flexibility index (Phi) is 6.24. The lowest BCUT2D eigenvalue weighted by molar-refractivity contribution is 0.483. The summed E-state index contributed by atoms with van der Waals surface area (Å²) >= 11 is 1.92. The monoisotopic (exact) mass is 265 g/mol. The lowest BCUT2D eigenvalue weighted by Crippen LogP contribution is -2.37. The van der Waals surface area contributed by atoms with Crippen LogP contribution in [0.25, 0.3) is 0 Å². The highest BCUT2D eigenvalue weighted by Crippen LogP contribution is 2.20. The fraction of sp³-hybridized carbons (Fsp3) is 0.625. The van der Waals surface area contributed by atoms with Crippen LogP contribution in [0.2, 0.25) is 0 Å². The van der Waals surface area contributed by atoms with Gasteiger partial charge in [0.05, 0.1) is 0 Å². The van der Waals surface area contributed by atoms with Gasteiger partial charge in [-0.15, -0.1) is 0 Å². The molecule has 18 heavy (non-hydrogen) atoms. The zero-order valence-corrected chi connectivity index (χ0v) is 13.2. The first kappa shape index (κ1) is 15.6. The van der Waals surface area contributed by atoms with Gasteiger partial charge in [-0.2, -0.15) is 11.8 Å². The first-order valence-electron chi connectivity index (χ1n) is 6.77. The van der Waals surface area contributed by atoms with E-state index in [0.717, 1.165) is 13.0 Å². The smallest absolute Gasteiger partial charge is 0.0225 e. The minimum atomic E-state index is 0.331. The molecule has 0 aliphatic heterocycles. The fourth-order valence-electron chi connectivity index (χ4n) is 1.85. The molecule has 1 aromatic rings. The molecule has 0 heterocycles. The second-order valence-electron chi connectivity index (χ2n) is 5.77. The minimum Gasteiger partial charge on any atom is -0.313 e. The molecule has 1 rings (SSSR count). The van der Waals surface area contributed by atoms with Crippen LogP contribution in [0, 0.1) is 6.92 Å². The summed E-state index contributed by atoms with van der Waals surface area (Å²) in [4.78, 5) is 0. The molecule has 1 unspecified atom stereocenters. The number of thioether (sulfide) groups is 1. The number of benzene rings is 1. The molecular formula is C16H27NS. The van der Waals surface area contributed by atoms with E-state index in [1.165, 1.54) is 17.5 Å². The van der Waals surface area contributed by atoms with Crippen LogP contribution < -0.4 is 5.32 Å². The predicted octanol–water partition coefficient (Wildman–Crippen LogP) is 4.05. The number of hydrogen-bond acceptors (Lipinski definition) is 2. The number of aryl methyl sites for hydroxylation is 2. The molecule has 0 saturated heterocycles. The molecule has 0 aromatic heterocycles. The number of rotatable bonds is 7. The van der Waals surface area contributed by atoms with Gasteiger partial charge in [0.2, 0.25) is 0 Å². The topological polar surface area (TPSA) is 12.0 Å². The normalized spacial score (nSPS) is 13.6. The van der Waals surface area contributed by atoms with Crippen molar-refractivity contribution >= 4 is 11.8 Å². The Morgan fingerprint density at radius 3 is 2.67 bits per heavy atom. The van der Waals surface area contributed by atoms with Crippen molar-refractivity contribution in [3.05, 3.63) is 35.4 Å². The molecule has 0 spiro atoms. The quantitative estimate of drug-likeness (QED) is 0.798. The van der Waals surface area contributed by atoms with Gasteiger partial charge in [0.15, 0.2) is 0 Å². The highest BCUT2D eigenvalue weighted by Gasteiger charge is 2.16. The molecule has 0 fully saturated rings. The maximum atomic E-state index is 3.64. The third-order valence-electron chi connectivity index (χ3n) is 3.38. The summed E-state index contributed by atoms with van der Waals surface area (Å²) in [5.41, 5.74) is 2.81. The van der Waals surface area contributed by atoms with Gasteiger partial charge in [-0.25, -0.2) is 0 Å². The van der Waals surface area contributed by atoms with E-state index < -0.39 is 0 Å². The van der Waals surface area contributed by atoms with Gasteiger partial charge in [0, 0.05) is 17.3 Å². The lowest BCUT2D eigenvalue weighted by atomic mass is 10.0. The predicted molar refractivity (Wildman–Crippen MR) is 84.6 cm³/mol. The molecule has 0 amide bonds. The fourth-order valence-corrected chi connectivity index (χ4v) is 2.07. The highest BCUT2D eigenvalue weighted by atomic mass is 32.2. The van der Waals surface area contributed by atoms with Crippen molar-refractivity contribution < 1.29 is 0 Å². The summed E-state index contributed by atoms with van der Waals surface area (Å²) in [5.74, 6) is 0. The first-order chi connectivity index (χ1) is 8.43. The summed E-state index contributed by atoms with van der Waals surface area (Å²) in [7, 11) is 0. The zero-order chi connectivity index (χ0) is 13.6. The van der Waals surface area contributed by atoms with Crippen LogP contribution in [0.5, 0.6) is 0 Å². The second-order valence-corrected chi connectivity index (χ2v) is 7.29. The molecule has 1 atom stereocenters. The molecule has 1 aromatic carbocycles. The van der Waals surface area contributed by atoms with Crippen molar-refractivity contribution in [2.45, 2.75) is 51.3 Å². The molecule has 0 aliphatic carbocycles. The first-order valence-corrected chi connectivity index (χ1v) is 7.99. The van der Waals surface area contributed by atoms with Crippen molar-refractivity contribution in [3.8, 4) is 0 Å². The van der Waals surface area contributed by atoms with Gasteiger partial charge in [0.25, 0.3) is 0 Å². The van der Waals surface area contributed by atoms with Gasteiger partial charge in [0.1, 0.15) is 0 Å². The largest absolute Gasteiger partial charge is 0.313 e. The van der Waals surface area contributed by atoms with E-state index in [-0.39, 0.29) is 0 Å². The maximum absolute atomic E-state index is 3.64. The van der Waals surface area contributed by atoms with Gasteiger partial charge >= 0.3 is 0 Å². The van der Waals surface area contributed by atoms with Crippen LogP contribution in [0.15, 0.2) is 24.3 Å². The summed E-state index contributed by atoms with van der Waals surface area (Å²) in [5, 5.41) is 3.64. The Labute approximate surface area is 117 Å². The third kappa shape index (κ3) is 5.92. The van der Waals surface area contributed by atoms with Crippen LogP contribution in [0.1, 0.15) is 38.3 Å². The summed E-state index contributed by atoms with van der Waals surface area (Å²) < 4.78 is 0.331. The lowest BCUT2D eigenvalue weighted by Gasteiger charge is -2.25. The standard InChI is InChI=1S/C16H27NS/c1-13-7-6-8-15(11-13)10-9-14(2)17-12-16(3,4)18-5/h6-8,11,14,17H,9-10,12H2,1-5H3. The van der Waals surface area contributed by atoms with Gasteiger partial charge < -0.3 is 5.32 Å². The summed E-state index contributed by atoms with van der Waals surface area (Å²) in [6, 6.07) is 9.41. The van der Waals surface area contributed by atoms with Gasteiger partial charge in [-0.1, -0.05) is 29.8 Å². The van der Waals surface area contributed by atoms with Crippen molar-refractivity contribution in [2.75, 3.05) is 12.8 Å². The van der Waals surface area contributed by atoms with Gasteiger partial charge in [-0.3, -0.25) is 0 Å².